The largest absolute Gasteiger partial charge is 0.455 e. The molecule has 0 atom stereocenters. The number of hydrogen-bond acceptors (Lipinski definition) is 3. The van der Waals surface area contributed by atoms with Crippen LogP contribution >= 0.6 is 0 Å². The third kappa shape index (κ3) is 5.31. The van der Waals surface area contributed by atoms with Gasteiger partial charge >= 0.3 is 18.2 Å². The van der Waals surface area contributed by atoms with Gasteiger partial charge in [-0.3, -0.25) is 4.79 Å². The molecule has 17 heavy (non-hydrogen) atoms. The summed E-state index contributed by atoms with van der Waals surface area (Å²) in [4.78, 5) is 25.0. The van der Waals surface area contributed by atoms with E-state index in [0.717, 1.165) is 5.32 Å². The monoisotopic (exact) mass is 264 g/mol. The van der Waals surface area contributed by atoms with Crippen LogP contribution in [0.3, 0.4) is 0 Å². The molecule has 0 bridgehead atoms. The Hall–Kier alpha value is -1.61. The summed E-state index contributed by atoms with van der Waals surface area (Å²) >= 11 is 0. The Labute approximate surface area is 92.2 Å². The van der Waals surface area contributed by atoms with Crippen LogP contribution in [-0.2, 0) is 9.63 Å². The number of rotatable bonds is 3. The van der Waals surface area contributed by atoms with Crippen LogP contribution in [0.4, 0.5) is 26.7 Å². The first-order valence-electron chi connectivity index (χ1n) is 4.28. The van der Waals surface area contributed by atoms with Crippen molar-refractivity contribution in [3.8, 4) is 0 Å². The van der Waals surface area contributed by atoms with Crippen LogP contribution in [0.25, 0.3) is 0 Å². The van der Waals surface area contributed by atoms with E-state index in [1.54, 1.807) is 0 Å². The van der Waals surface area contributed by atoms with Crippen LogP contribution < -0.4 is 10.8 Å². The van der Waals surface area contributed by atoms with Crippen LogP contribution in [-0.4, -0.2) is 30.6 Å². The van der Waals surface area contributed by atoms with Crippen molar-refractivity contribution in [2.75, 3.05) is 6.54 Å². The standard InChI is InChI=1S/C7H9F5N2O3/c1-2-4(15)14-17-5(16)13-3-6(8,9)7(10,11)12/h2-3H2,1H3,(H,13,16)(H,14,15). The van der Waals surface area contributed by atoms with Crippen LogP contribution in [0, 0.1) is 0 Å². The normalized spacial score (nSPS) is 11.9. The first-order valence-corrected chi connectivity index (χ1v) is 4.28. The molecule has 0 aromatic rings. The fourth-order valence-electron chi connectivity index (χ4n) is 0.495. The highest BCUT2D eigenvalue weighted by molar-refractivity contribution is 5.76. The van der Waals surface area contributed by atoms with E-state index in [0.29, 0.717) is 0 Å². The molecule has 5 nitrogen and oxygen atoms in total. The molecule has 0 aliphatic carbocycles. The molecular weight excluding hydrogens is 255 g/mol. The van der Waals surface area contributed by atoms with E-state index in [1.165, 1.54) is 12.4 Å². The van der Waals surface area contributed by atoms with Gasteiger partial charge in [-0.25, -0.2) is 4.79 Å². The van der Waals surface area contributed by atoms with Gasteiger partial charge in [0.2, 0.25) is 0 Å². The Morgan fingerprint density at radius 2 is 1.71 bits per heavy atom. The number of carbonyl (C=O) groups excluding carboxylic acids is 2. The van der Waals surface area contributed by atoms with E-state index in [4.69, 9.17) is 0 Å². The Kier molecular flexibility index (Phi) is 5.10. The quantitative estimate of drug-likeness (QED) is 0.597. The van der Waals surface area contributed by atoms with Crippen LogP contribution in [0.5, 0.6) is 0 Å². The molecule has 100 valence electrons. The fraction of sp³-hybridized carbons (Fsp3) is 0.714. The summed E-state index contributed by atoms with van der Waals surface area (Å²) in [6.07, 6.45) is -7.44. The van der Waals surface area contributed by atoms with Crippen molar-refractivity contribution in [1.82, 2.24) is 10.8 Å². The zero-order valence-corrected chi connectivity index (χ0v) is 8.53. The van der Waals surface area contributed by atoms with Gasteiger partial charge in [-0.2, -0.15) is 27.4 Å². The summed E-state index contributed by atoms with van der Waals surface area (Å²) in [5.74, 6) is -5.80. The molecule has 0 aliphatic heterocycles. The number of carbonyl (C=O) groups is 2. The van der Waals surface area contributed by atoms with Gasteiger partial charge < -0.3 is 10.2 Å². The maximum Gasteiger partial charge on any atom is 0.455 e. The maximum atomic E-state index is 12.3. The molecule has 0 saturated heterocycles. The van der Waals surface area contributed by atoms with Gasteiger partial charge in [0.15, 0.2) is 0 Å². The van der Waals surface area contributed by atoms with Gasteiger partial charge in [0.05, 0.1) is 6.54 Å². The molecule has 0 unspecified atom stereocenters. The molecule has 0 fully saturated rings. The third-order valence-electron chi connectivity index (χ3n) is 1.45. The first-order chi connectivity index (χ1) is 7.60. The lowest BCUT2D eigenvalue weighted by atomic mass is 10.3. The van der Waals surface area contributed by atoms with Crippen molar-refractivity contribution in [1.29, 1.82) is 0 Å². The molecule has 0 heterocycles. The number of hydrogen-bond donors (Lipinski definition) is 2. The molecule has 0 rings (SSSR count). The summed E-state index contributed by atoms with van der Waals surface area (Å²) in [5.41, 5.74) is 1.53. The second-order valence-corrected chi connectivity index (χ2v) is 2.82. The van der Waals surface area contributed by atoms with Crippen LogP contribution in [0.1, 0.15) is 13.3 Å². The highest BCUT2D eigenvalue weighted by Crippen LogP contribution is 2.34. The molecular formula is C7H9F5N2O3. The summed E-state index contributed by atoms with van der Waals surface area (Å²) < 4.78 is 59.5. The molecule has 10 heteroatoms. The van der Waals surface area contributed by atoms with E-state index in [-0.39, 0.29) is 6.42 Å². The van der Waals surface area contributed by atoms with Crippen molar-refractivity contribution in [2.45, 2.75) is 25.4 Å². The van der Waals surface area contributed by atoms with E-state index in [1.807, 2.05) is 0 Å². The second kappa shape index (κ2) is 5.64. The van der Waals surface area contributed by atoms with E-state index >= 15 is 0 Å². The Balaban J connectivity index is 4.04. The Bertz CT molecular complexity index is 292. The van der Waals surface area contributed by atoms with Gasteiger partial charge in [0.1, 0.15) is 0 Å². The Morgan fingerprint density at radius 1 is 1.18 bits per heavy atom. The average Bonchev–Trinajstić information content (AvgIpc) is 2.21. The third-order valence-corrected chi connectivity index (χ3v) is 1.45. The molecule has 0 saturated carbocycles. The fourth-order valence-corrected chi connectivity index (χ4v) is 0.495. The average molecular weight is 264 g/mol. The van der Waals surface area contributed by atoms with Gasteiger partial charge in [-0.05, 0) is 0 Å². The predicted molar refractivity (Wildman–Crippen MR) is 43.9 cm³/mol. The van der Waals surface area contributed by atoms with Crippen molar-refractivity contribution >= 4 is 12.0 Å². The molecule has 0 aromatic heterocycles. The number of halogens is 5. The van der Waals surface area contributed by atoms with Crippen LogP contribution in [0.2, 0.25) is 0 Å². The summed E-state index contributed by atoms with van der Waals surface area (Å²) in [7, 11) is 0. The minimum Gasteiger partial charge on any atom is -0.322 e. The van der Waals surface area contributed by atoms with Crippen molar-refractivity contribution < 1.29 is 36.4 Å². The highest BCUT2D eigenvalue weighted by atomic mass is 19.4. The lowest BCUT2D eigenvalue weighted by molar-refractivity contribution is -0.278. The highest BCUT2D eigenvalue weighted by Gasteiger charge is 2.57. The van der Waals surface area contributed by atoms with Crippen LogP contribution in [0.15, 0.2) is 0 Å². The first kappa shape index (κ1) is 15.4. The number of alkyl halides is 5. The minimum absolute atomic E-state index is 0.0496. The van der Waals surface area contributed by atoms with Gasteiger partial charge in [-0.1, -0.05) is 6.92 Å². The van der Waals surface area contributed by atoms with E-state index < -0.39 is 30.6 Å². The molecule has 0 aromatic carbocycles. The lowest BCUT2D eigenvalue weighted by Gasteiger charge is -2.19. The topological polar surface area (TPSA) is 67.4 Å². The molecule has 2 N–H and O–H groups in total. The van der Waals surface area contributed by atoms with Crippen molar-refractivity contribution in [2.24, 2.45) is 0 Å². The summed E-state index contributed by atoms with van der Waals surface area (Å²) in [5, 5.41) is 1.16. The summed E-state index contributed by atoms with van der Waals surface area (Å²) in [6.45, 7) is -0.564. The smallest absolute Gasteiger partial charge is 0.322 e. The van der Waals surface area contributed by atoms with Crippen molar-refractivity contribution in [3.63, 3.8) is 0 Å². The molecule has 0 spiro atoms. The van der Waals surface area contributed by atoms with E-state index in [9.17, 15) is 31.5 Å². The number of amides is 2. The lowest BCUT2D eigenvalue weighted by Crippen LogP contribution is -2.47. The zero-order chi connectivity index (χ0) is 13.7. The SMILES string of the molecule is CCC(=O)NOC(=O)NCC(F)(F)C(F)(F)F. The van der Waals surface area contributed by atoms with Gasteiger partial charge in [0.25, 0.3) is 5.91 Å². The molecule has 0 aliphatic rings. The molecule has 0 radical (unpaired) electrons. The Morgan fingerprint density at radius 3 is 2.12 bits per heavy atom. The zero-order valence-electron chi connectivity index (χ0n) is 8.53. The second-order valence-electron chi connectivity index (χ2n) is 2.82. The minimum atomic E-state index is -5.77. The van der Waals surface area contributed by atoms with Gasteiger partial charge in [0, 0.05) is 6.42 Å². The van der Waals surface area contributed by atoms with Gasteiger partial charge in [-0.15, -0.1) is 0 Å². The maximum absolute atomic E-state index is 12.3. The number of nitrogens with one attached hydrogen (secondary N) is 2. The summed E-state index contributed by atoms with van der Waals surface area (Å²) in [6, 6.07) is 0. The van der Waals surface area contributed by atoms with Crippen molar-refractivity contribution in [3.05, 3.63) is 0 Å². The molecule has 2 amide bonds. The van der Waals surface area contributed by atoms with E-state index in [2.05, 4.69) is 4.84 Å². The number of hydroxylamine groups is 1. The predicted octanol–water partition coefficient (Wildman–Crippen LogP) is 1.35.